The van der Waals surface area contributed by atoms with Gasteiger partial charge in [0.15, 0.2) is 0 Å². The molecule has 0 unspecified atom stereocenters. The highest BCUT2D eigenvalue weighted by Crippen LogP contribution is 2.48. The number of amides is 1. The molecule has 2 bridgehead atoms. The second kappa shape index (κ2) is 4.66. The zero-order chi connectivity index (χ0) is 13.6. The molecule has 2 fully saturated rings. The number of fused-ring (bicyclic) bond motifs is 2. The van der Waals surface area contributed by atoms with Crippen LogP contribution in [0.15, 0.2) is 12.1 Å². The summed E-state index contributed by atoms with van der Waals surface area (Å²) in [5.41, 5.74) is 4.63. The zero-order valence-electron chi connectivity index (χ0n) is 12.1. The average molecular weight is 257 g/mol. The third kappa shape index (κ3) is 2.29. The van der Waals surface area contributed by atoms with E-state index in [0.717, 1.165) is 18.0 Å². The van der Waals surface area contributed by atoms with Gasteiger partial charge < -0.3 is 5.32 Å². The van der Waals surface area contributed by atoms with Crippen LogP contribution in [0, 0.1) is 38.5 Å². The Hall–Kier alpha value is -1.31. The van der Waals surface area contributed by atoms with E-state index >= 15 is 0 Å². The number of hydrogen-bond donors (Lipinski definition) is 1. The topological polar surface area (TPSA) is 29.1 Å². The normalized spacial score (nSPS) is 28.7. The lowest BCUT2D eigenvalue weighted by atomic mass is 9.88. The van der Waals surface area contributed by atoms with Crippen LogP contribution in [0.1, 0.15) is 42.4 Å². The molecule has 1 N–H and O–H groups in total. The van der Waals surface area contributed by atoms with E-state index in [2.05, 4.69) is 38.2 Å². The Morgan fingerprint density at radius 3 is 2.32 bits per heavy atom. The maximum absolute atomic E-state index is 12.5. The summed E-state index contributed by atoms with van der Waals surface area (Å²) < 4.78 is 0. The Kier molecular flexibility index (Phi) is 3.12. The molecule has 3 rings (SSSR count). The van der Waals surface area contributed by atoms with Gasteiger partial charge in [0.2, 0.25) is 5.91 Å². The van der Waals surface area contributed by atoms with E-state index in [1.807, 2.05) is 0 Å². The highest BCUT2D eigenvalue weighted by atomic mass is 16.1. The van der Waals surface area contributed by atoms with Crippen molar-refractivity contribution in [2.24, 2.45) is 17.8 Å². The molecule has 3 atom stereocenters. The van der Waals surface area contributed by atoms with Gasteiger partial charge in [0.05, 0.1) is 0 Å². The van der Waals surface area contributed by atoms with Crippen LogP contribution in [-0.2, 0) is 4.79 Å². The standard InChI is InChI=1S/C17H23NO/c1-10-6-11(2)16(12(3)7-10)18-17(19)15-9-13-4-5-14(15)8-13/h6-7,13-15H,4-5,8-9H2,1-3H3,(H,18,19)/t13-,14-,15-/m0/s1. The van der Waals surface area contributed by atoms with E-state index in [9.17, 15) is 4.79 Å². The van der Waals surface area contributed by atoms with Crippen molar-refractivity contribution in [1.82, 2.24) is 0 Å². The molecule has 1 aromatic rings. The van der Waals surface area contributed by atoms with Crippen molar-refractivity contribution in [3.63, 3.8) is 0 Å². The van der Waals surface area contributed by atoms with E-state index in [-0.39, 0.29) is 11.8 Å². The van der Waals surface area contributed by atoms with Gasteiger partial charge in [-0.3, -0.25) is 4.79 Å². The smallest absolute Gasteiger partial charge is 0.227 e. The maximum atomic E-state index is 12.5. The molecule has 0 spiro atoms. The summed E-state index contributed by atoms with van der Waals surface area (Å²) in [5, 5.41) is 3.19. The average Bonchev–Trinajstić information content (AvgIpc) is 2.95. The minimum Gasteiger partial charge on any atom is -0.325 e. The highest BCUT2D eigenvalue weighted by Gasteiger charge is 2.43. The van der Waals surface area contributed by atoms with E-state index < -0.39 is 0 Å². The summed E-state index contributed by atoms with van der Waals surface area (Å²) in [7, 11) is 0. The summed E-state index contributed by atoms with van der Waals surface area (Å²) in [5.74, 6) is 1.98. The Balaban J connectivity index is 1.77. The van der Waals surface area contributed by atoms with Crippen molar-refractivity contribution < 1.29 is 4.79 Å². The SMILES string of the molecule is Cc1cc(C)c(NC(=O)[C@H]2C[C@H]3CC[C@H]2C3)c(C)c1. The van der Waals surface area contributed by atoms with Gasteiger partial charge in [0, 0.05) is 11.6 Å². The van der Waals surface area contributed by atoms with Crippen LogP contribution in [0.5, 0.6) is 0 Å². The summed E-state index contributed by atoms with van der Waals surface area (Å²) in [6.07, 6.45) is 5.00. The molecule has 2 saturated carbocycles. The van der Waals surface area contributed by atoms with E-state index in [0.29, 0.717) is 5.92 Å². The van der Waals surface area contributed by atoms with Gasteiger partial charge in [-0.1, -0.05) is 24.1 Å². The summed E-state index contributed by atoms with van der Waals surface area (Å²) >= 11 is 0. The fraction of sp³-hybridized carbons (Fsp3) is 0.588. The molecule has 2 nitrogen and oxygen atoms in total. The molecule has 2 aliphatic carbocycles. The first-order chi connectivity index (χ1) is 9.04. The molecule has 0 saturated heterocycles. The molecule has 1 amide bonds. The number of anilines is 1. The molecule has 0 radical (unpaired) electrons. The first-order valence-electron chi connectivity index (χ1n) is 7.43. The third-order valence-corrected chi connectivity index (χ3v) is 5.00. The second-order valence-electron chi connectivity index (χ2n) is 6.54. The number of carbonyl (C=O) groups excluding carboxylic acids is 1. The maximum Gasteiger partial charge on any atom is 0.227 e. The lowest BCUT2D eigenvalue weighted by molar-refractivity contribution is -0.121. The minimum absolute atomic E-state index is 0.252. The lowest BCUT2D eigenvalue weighted by Crippen LogP contribution is -2.27. The number of benzene rings is 1. The molecule has 19 heavy (non-hydrogen) atoms. The molecule has 2 aliphatic rings. The molecule has 0 heterocycles. The number of rotatable bonds is 2. The van der Waals surface area contributed by atoms with Gasteiger partial charge in [-0.05, 0) is 63.0 Å². The monoisotopic (exact) mass is 257 g/mol. The Morgan fingerprint density at radius 1 is 1.11 bits per heavy atom. The zero-order valence-corrected chi connectivity index (χ0v) is 12.1. The van der Waals surface area contributed by atoms with Crippen molar-refractivity contribution >= 4 is 11.6 Å². The Labute approximate surface area is 115 Å². The Bertz CT molecular complexity index is 497. The number of aryl methyl sites for hydroxylation is 3. The van der Waals surface area contributed by atoms with Gasteiger partial charge in [0.25, 0.3) is 0 Å². The number of nitrogens with one attached hydrogen (secondary N) is 1. The number of carbonyl (C=O) groups is 1. The first kappa shape index (κ1) is 12.7. The summed E-state index contributed by atoms with van der Waals surface area (Å²) in [4.78, 5) is 12.5. The molecule has 102 valence electrons. The van der Waals surface area contributed by atoms with E-state index in [1.165, 1.54) is 36.0 Å². The van der Waals surface area contributed by atoms with E-state index in [4.69, 9.17) is 0 Å². The van der Waals surface area contributed by atoms with Crippen LogP contribution in [-0.4, -0.2) is 5.91 Å². The van der Waals surface area contributed by atoms with Crippen LogP contribution in [0.25, 0.3) is 0 Å². The molecule has 1 aromatic carbocycles. The highest BCUT2D eigenvalue weighted by molar-refractivity contribution is 5.94. The molecule has 2 heteroatoms. The van der Waals surface area contributed by atoms with Crippen LogP contribution in [0.2, 0.25) is 0 Å². The molecular formula is C17H23NO. The van der Waals surface area contributed by atoms with Crippen molar-refractivity contribution in [3.05, 3.63) is 28.8 Å². The van der Waals surface area contributed by atoms with Gasteiger partial charge in [-0.2, -0.15) is 0 Å². The quantitative estimate of drug-likeness (QED) is 0.853. The third-order valence-electron chi connectivity index (χ3n) is 5.00. The van der Waals surface area contributed by atoms with Crippen LogP contribution >= 0.6 is 0 Å². The van der Waals surface area contributed by atoms with Crippen LogP contribution in [0.4, 0.5) is 5.69 Å². The lowest BCUT2D eigenvalue weighted by Gasteiger charge is -2.22. The minimum atomic E-state index is 0.252. The fourth-order valence-corrected chi connectivity index (χ4v) is 4.16. The van der Waals surface area contributed by atoms with Crippen molar-refractivity contribution in [2.75, 3.05) is 5.32 Å². The van der Waals surface area contributed by atoms with Gasteiger partial charge in [-0.15, -0.1) is 0 Å². The Morgan fingerprint density at radius 2 is 1.79 bits per heavy atom. The van der Waals surface area contributed by atoms with Crippen molar-refractivity contribution in [1.29, 1.82) is 0 Å². The van der Waals surface area contributed by atoms with Crippen molar-refractivity contribution in [2.45, 2.75) is 46.5 Å². The largest absolute Gasteiger partial charge is 0.325 e. The molecular weight excluding hydrogens is 234 g/mol. The van der Waals surface area contributed by atoms with Gasteiger partial charge in [-0.25, -0.2) is 0 Å². The van der Waals surface area contributed by atoms with Gasteiger partial charge >= 0.3 is 0 Å². The van der Waals surface area contributed by atoms with Gasteiger partial charge in [0.1, 0.15) is 0 Å². The summed E-state index contributed by atoms with van der Waals surface area (Å²) in [6.45, 7) is 6.26. The molecule has 0 aliphatic heterocycles. The molecule has 0 aromatic heterocycles. The predicted octanol–water partition coefficient (Wildman–Crippen LogP) is 3.99. The van der Waals surface area contributed by atoms with Crippen LogP contribution < -0.4 is 5.32 Å². The number of hydrogen-bond acceptors (Lipinski definition) is 1. The summed E-state index contributed by atoms with van der Waals surface area (Å²) in [6, 6.07) is 4.28. The van der Waals surface area contributed by atoms with Crippen LogP contribution in [0.3, 0.4) is 0 Å². The van der Waals surface area contributed by atoms with E-state index in [1.54, 1.807) is 0 Å². The predicted molar refractivity (Wildman–Crippen MR) is 78.2 cm³/mol. The second-order valence-corrected chi connectivity index (χ2v) is 6.54. The fourth-order valence-electron chi connectivity index (χ4n) is 4.16. The first-order valence-corrected chi connectivity index (χ1v) is 7.43. The van der Waals surface area contributed by atoms with Crippen molar-refractivity contribution in [3.8, 4) is 0 Å².